The molecule has 0 aliphatic rings. The van der Waals surface area contributed by atoms with Crippen molar-refractivity contribution in [2.45, 2.75) is 6.92 Å². The molecule has 1 heterocycles. The molecule has 0 aliphatic heterocycles. The maximum Gasteiger partial charge on any atom is 0.414 e. The average Bonchev–Trinajstić information content (AvgIpc) is 3.10. The number of nitrogens with zero attached hydrogens (tertiary/aromatic N) is 2. The van der Waals surface area contributed by atoms with Gasteiger partial charge < -0.3 is 28.4 Å². The summed E-state index contributed by atoms with van der Waals surface area (Å²) in [4.78, 5) is 37.7. The van der Waals surface area contributed by atoms with Crippen molar-refractivity contribution in [3.05, 3.63) is 42.5 Å². The first-order valence-corrected chi connectivity index (χ1v) is 9.28. The lowest BCUT2D eigenvalue weighted by Gasteiger charge is -2.14. The lowest BCUT2D eigenvalue weighted by molar-refractivity contribution is -0.131. The molecule has 0 aliphatic carbocycles. The quantitative estimate of drug-likeness (QED) is 0.457. The molecule has 0 spiro atoms. The molecule has 2 aromatic carbocycles. The van der Waals surface area contributed by atoms with Crippen LogP contribution in [0.1, 0.15) is 6.92 Å². The zero-order valence-corrected chi connectivity index (χ0v) is 17.8. The molecular formula is C22H22N2O7. The Balaban J connectivity index is 2.02. The van der Waals surface area contributed by atoms with Crippen LogP contribution in [-0.2, 0) is 4.79 Å². The fourth-order valence-electron chi connectivity index (χ4n) is 2.60. The Morgan fingerprint density at radius 1 is 0.742 bits per heavy atom. The number of carbonyl (C=O) groups is 3. The molecule has 3 aromatic rings. The number of furan rings is 1. The van der Waals surface area contributed by atoms with E-state index in [1.165, 1.54) is 22.8 Å². The van der Waals surface area contributed by atoms with Crippen LogP contribution in [-0.4, -0.2) is 56.1 Å². The number of ether oxygens (including phenoxy) is 3. The maximum atomic E-state index is 12.0. The topological polar surface area (TPSA) is 98.5 Å². The highest BCUT2D eigenvalue weighted by Gasteiger charge is 2.16. The van der Waals surface area contributed by atoms with Gasteiger partial charge in [-0.2, -0.15) is 0 Å². The molecule has 162 valence electrons. The van der Waals surface area contributed by atoms with Crippen molar-refractivity contribution in [2.24, 2.45) is 0 Å². The van der Waals surface area contributed by atoms with Crippen molar-refractivity contribution in [3.8, 4) is 28.6 Å². The first-order valence-electron chi connectivity index (χ1n) is 9.28. The predicted molar refractivity (Wildman–Crippen MR) is 112 cm³/mol. The molecule has 3 rings (SSSR count). The fourth-order valence-corrected chi connectivity index (χ4v) is 2.60. The summed E-state index contributed by atoms with van der Waals surface area (Å²) >= 11 is 0. The number of amides is 2. The molecule has 9 nitrogen and oxygen atoms in total. The molecule has 2 amide bonds. The van der Waals surface area contributed by atoms with Crippen LogP contribution in [0.25, 0.3) is 22.3 Å². The first kappa shape index (κ1) is 21.7. The Labute approximate surface area is 178 Å². The number of hydrogen-bond donors (Lipinski definition) is 0. The molecule has 0 fully saturated rings. The molecule has 0 saturated heterocycles. The molecule has 0 bridgehead atoms. The Morgan fingerprint density at radius 2 is 1.32 bits per heavy atom. The molecule has 0 unspecified atom stereocenters. The predicted octanol–water partition coefficient (Wildman–Crippen LogP) is 4.15. The fraction of sp³-hybridized carbons (Fsp3) is 0.227. The van der Waals surface area contributed by atoms with E-state index in [-0.39, 0.29) is 11.5 Å². The summed E-state index contributed by atoms with van der Waals surface area (Å²) in [5, 5.41) is 0.772. The highest BCUT2D eigenvalue weighted by atomic mass is 16.6. The lowest BCUT2D eigenvalue weighted by Crippen LogP contribution is -2.26. The average molecular weight is 426 g/mol. The van der Waals surface area contributed by atoms with Gasteiger partial charge in [-0.1, -0.05) is 0 Å². The minimum Gasteiger partial charge on any atom is -0.456 e. The van der Waals surface area contributed by atoms with Crippen LogP contribution < -0.4 is 14.2 Å². The summed E-state index contributed by atoms with van der Waals surface area (Å²) in [7, 11) is 6.22. The zero-order valence-electron chi connectivity index (χ0n) is 17.8. The molecule has 0 saturated carbocycles. The molecule has 1 aromatic heterocycles. The van der Waals surface area contributed by atoms with Gasteiger partial charge in [-0.25, -0.2) is 9.59 Å². The Kier molecular flexibility index (Phi) is 6.15. The van der Waals surface area contributed by atoms with Crippen molar-refractivity contribution in [2.75, 3.05) is 28.2 Å². The van der Waals surface area contributed by atoms with Gasteiger partial charge in [0.15, 0.2) is 0 Å². The third-order valence-corrected chi connectivity index (χ3v) is 4.06. The number of carbonyl (C=O) groups excluding carboxylic acids is 3. The Morgan fingerprint density at radius 3 is 1.84 bits per heavy atom. The summed E-state index contributed by atoms with van der Waals surface area (Å²) < 4.78 is 21.7. The first-order chi connectivity index (χ1) is 14.6. The van der Waals surface area contributed by atoms with E-state index in [0.717, 1.165) is 5.39 Å². The number of benzene rings is 2. The van der Waals surface area contributed by atoms with Crippen LogP contribution >= 0.6 is 0 Å². The Bertz CT molecular complexity index is 1110. The van der Waals surface area contributed by atoms with E-state index in [9.17, 15) is 14.4 Å². The van der Waals surface area contributed by atoms with Crippen molar-refractivity contribution in [3.63, 3.8) is 0 Å². The third-order valence-electron chi connectivity index (χ3n) is 4.06. The van der Waals surface area contributed by atoms with E-state index < -0.39 is 18.2 Å². The SMILES string of the molecule is CC(=O)Oc1ccc2cc(-c3cc(OC(=O)N(C)C)cc(OC(=O)N(C)C)c3)oc2c1. The normalized spacial score (nSPS) is 10.5. The highest BCUT2D eigenvalue weighted by Crippen LogP contribution is 2.35. The molecule has 9 heteroatoms. The standard InChI is InChI=1S/C22H22N2O7/c1-13(25)28-16-7-6-14-10-19(31-20(14)12-16)15-8-17(29-21(26)23(2)3)11-18(9-15)30-22(27)24(4)5/h6-12H,1-5H3. The van der Waals surface area contributed by atoms with Gasteiger partial charge in [0.25, 0.3) is 0 Å². The van der Waals surface area contributed by atoms with Crippen molar-refractivity contribution in [1.82, 2.24) is 9.80 Å². The van der Waals surface area contributed by atoms with Crippen LogP contribution in [0.15, 0.2) is 46.9 Å². The number of esters is 1. The maximum absolute atomic E-state index is 12.0. The summed E-state index contributed by atoms with van der Waals surface area (Å²) in [6.07, 6.45) is -1.17. The second-order valence-corrected chi connectivity index (χ2v) is 7.12. The van der Waals surface area contributed by atoms with Gasteiger partial charge in [0.1, 0.15) is 28.6 Å². The van der Waals surface area contributed by atoms with Gasteiger partial charge >= 0.3 is 18.2 Å². The van der Waals surface area contributed by atoms with Crippen LogP contribution in [0, 0.1) is 0 Å². The highest BCUT2D eigenvalue weighted by molar-refractivity contribution is 5.85. The largest absolute Gasteiger partial charge is 0.456 e. The van der Waals surface area contributed by atoms with Gasteiger partial charge in [0, 0.05) is 58.2 Å². The Hall–Kier alpha value is -4.01. The van der Waals surface area contributed by atoms with Crippen LogP contribution in [0.3, 0.4) is 0 Å². The van der Waals surface area contributed by atoms with Crippen LogP contribution in [0.2, 0.25) is 0 Å². The second-order valence-electron chi connectivity index (χ2n) is 7.12. The van der Waals surface area contributed by atoms with Gasteiger partial charge in [0.2, 0.25) is 0 Å². The van der Waals surface area contributed by atoms with Crippen molar-refractivity contribution in [1.29, 1.82) is 0 Å². The lowest BCUT2D eigenvalue weighted by atomic mass is 10.1. The number of fused-ring (bicyclic) bond motifs is 1. The summed E-state index contributed by atoms with van der Waals surface area (Å²) in [6, 6.07) is 11.4. The third kappa shape index (κ3) is 5.33. The minimum atomic E-state index is -0.585. The minimum absolute atomic E-state index is 0.179. The van der Waals surface area contributed by atoms with Gasteiger partial charge in [0.05, 0.1) is 0 Å². The monoisotopic (exact) mass is 426 g/mol. The van der Waals surface area contributed by atoms with E-state index in [0.29, 0.717) is 22.7 Å². The van der Waals surface area contributed by atoms with Gasteiger partial charge in [-0.3, -0.25) is 4.79 Å². The van der Waals surface area contributed by atoms with Gasteiger partial charge in [-0.15, -0.1) is 0 Å². The summed E-state index contributed by atoms with van der Waals surface area (Å²) in [5.41, 5.74) is 1.02. The summed E-state index contributed by atoms with van der Waals surface area (Å²) in [6.45, 7) is 1.31. The van der Waals surface area contributed by atoms with Crippen LogP contribution in [0.5, 0.6) is 17.2 Å². The molecule has 0 N–H and O–H groups in total. The van der Waals surface area contributed by atoms with Gasteiger partial charge in [-0.05, 0) is 30.3 Å². The van der Waals surface area contributed by atoms with E-state index in [4.69, 9.17) is 18.6 Å². The molecule has 31 heavy (non-hydrogen) atoms. The number of rotatable bonds is 4. The second kappa shape index (κ2) is 8.78. The summed E-state index contributed by atoms with van der Waals surface area (Å²) in [5.74, 6) is 0.724. The van der Waals surface area contributed by atoms with E-state index in [1.807, 2.05) is 0 Å². The van der Waals surface area contributed by atoms with Crippen LogP contribution in [0.4, 0.5) is 9.59 Å². The zero-order chi connectivity index (χ0) is 22.7. The molecular weight excluding hydrogens is 404 g/mol. The van der Waals surface area contributed by atoms with E-state index in [1.54, 1.807) is 64.6 Å². The van der Waals surface area contributed by atoms with Crippen molar-refractivity contribution >= 4 is 29.1 Å². The van der Waals surface area contributed by atoms with E-state index >= 15 is 0 Å². The smallest absolute Gasteiger partial charge is 0.414 e. The van der Waals surface area contributed by atoms with E-state index in [2.05, 4.69) is 0 Å². The number of hydrogen-bond acceptors (Lipinski definition) is 7. The molecule has 0 radical (unpaired) electrons. The molecule has 0 atom stereocenters. The van der Waals surface area contributed by atoms with Crippen molar-refractivity contribution < 1.29 is 33.0 Å².